The van der Waals surface area contributed by atoms with E-state index in [-0.39, 0.29) is 0 Å². The summed E-state index contributed by atoms with van der Waals surface area (Å²) in [6.07, 6.45) is 0. The summed E-state index contributed by atoms with van der Waals surface area (Å²) in [4.78, 5) is 22.4. The van der Waals surface area contributed by atoms with Crippen LogP contribution in [0.2, 0.25) is 0 Å². The number of hydrogen-bond acceptors (Lipinski definition) is 4. The molecule has 0 spiro atoms. The highest BCUT2D eigenvalue weighted by Crippen LogP contribution is 2.40. The molecule has 96 valence electrons. The van der Waals surface area contributed by atoms with E-state index in [4.69, 9.17) is 9.79 Å². The van der Waals surface area contributed by atoms with Gasteiger partial charge in [-0.1, -0.05) is 6.07 Å². The van der Waals surface area contributed by atoms with E-state index in [0.717, 1.165) is 11.3 Å². The highest BCUT2D eigenvalue weighted by atomic mass is 32.1. The van der Waals surface area contributed by atoms with Gasteiger partial charge in [-0.25, -0.2) is 4.98 Å². The number of rotatable bonds is 4. The highest BCUT2D eigenvalue weighted by Gasteiger charge is 2.23. The number of aromatic nitrogens is 1. The lowest BCUT2D eigenvalue weighted by Crippen LogP contribution is -2.16. The standard InChI is InChI=1S/C11H13N2O3PS/c1-8(17(14,15)16)12-11-4-2-3-10(13-11)9-5-6-18-7-9/h2-8H,1H3,(H,12,13)(H2,14,15,16). The molecule has 0 radical (unpaired) electrons. The normalized spacial score (nSPS) is 13.3. The van der Waals surface area contributed by atoms with Crippen LogP contribution in [-0.4, -0.2) is 20.6 Å². The highest BCUT2D eigenvalue weighted by molar-refractivity contribution is 7.52. The Hall–Kier alpha value is -1.20. The number of nitrogens with one attached hydrogen (secondary N) is 1. The summed E-state index contributed by atoms with van der Waals surface area (Å²) < 4.78 is 11.1. The molecule has 0 aromatic carbocycles. The summed E-state index contributed by atoms with van der Waals surface area (Å²) in [7, 11) is -4.15. The second kappa shape index (κ2) is 5.20. The van der Waals surface area contributed by atoms with Crippen LogP contribution in [0.4, 0.5) is 5.82 Å². The molecule has 1 atom stereocenters. The number of thiophene rings is 1. The molecular formula is C11H13N2O3PS. The van der Waals surface area contributed by atoms with Crippen LogP contribution < -0.4 is 5.32 Å². The zero-order valence-corrected chi connectivity index (χ0v) is 11.4. The zero-order chi connectivity index (χ0) is 13.2. The van der Waals surface area contributed by atoms with E-state index >= 15 is 0 Å². The molecule has 0 fully saturated rings. The van der Waals surface area contributed by atoms with Crippen molar-refractivity contribution in [2.45, 2.75) is 12.7 Å². The van der Waals surface area contributed by atoms with Crippen LogP contribution in [0.3, 0.4) is 0 Å². The van der Waals surface area contributed by atoms with Gasteiger partial charge in [-0.2, -0.15) is 11.3 Å². The van der Waals surface area contributed by atoms with Crippen molar-refractivity contribution in [1.82, 2.24) is 4.98 Å². The second-order valence-electron chi connectivity index (χ2n) is 3.83. The average molecular weight is 284 g/mol. The molecule has 0 saturated carbocycles. The maximum atomic E-state index is 11.1. The Bertz CT molecular complexity index is 567. The van der Waals surface area contributed by atoms with E-state index in [0.29, 0.717) is 5.82 Å². The Morgan fingerprint density at radius 1 is 1.39 bits per heavy atom. The first-order chi connectivity index (χ1) is 8.47. The van der Waals surface area contributed by atoms with E-state index in [9.17, 15) is 4.57 Å². The molecule has 2 heterocycles. The van der Waals surface area contributed by atoms with Gasteiger partial charge in [0.15, 0.2) is 0 Å². The average Bonchev–Trinajstić information content (AvgIpc) is 2.81. The molecule has 1 unspecified atom stereocenters. The van der Waals surface area contributed by atoms with E-state index in [2.05, 4.69) is 10.3 Å². The Balaban J connectivity index is 2.21. The van der Waals surface area contributed by atoms with Gasteiger partial charge in [0.25, 0.3) is 0 Å². The Morgan fingerprint density at radius 2 is 2.17 bits per heavy atom. The molecular weight excluding hydrogens is 271 g/mol. The number of pyridine rings is 1. The molecule has 2 aromatic rings. The predicted molar refractivity (Wildman–Crippen MR) is 72.7 cm³/mol. The monoisotopic (exact) mass is 284 g/mol. The summed E-state index contributed by atoms with van der Waals surface area (Å²) in [5.74, 6) is -0.503. The maximum absolute atomic E-state index is 11.1. The third-order valence-corrected chi connectivity index (χ3v) is 4.25. The zero-order valence-electron chi connectivity index (χ0n) is 9.65. The molecule has 0 aliphatic carbocycles. The van der Waals surface area contributed by atoms with Crippen molar-refractivity contribution in [3.63, 3.8) is 0 Å². The Morgan fingerprint density at radius 3 is 2.78 bits per heavy atom. The minimum Gasteiger partial charge on any atom is -0.356 e. The maximum Gasteiger partial charge on any atom is 0.347 e. The summed E-state index contributed by atoms with van der Waals surface area (Å²) in [6, 6.07) is 7.29. The van der Waals surface area contributed by atoms with Crippen LogP contribution >= 0.6 is 18.9 Å². The van der Waals surface area contributed by atoms with Crippen LogP contribution in [0, 0.1) is 0 Å². The minimum atomic E-state index is -4.15. The molecule has 18 heavy (non-hydrogen) atoms. The van der Waals surface area contributed by atoms with E-state index in [1.807, 2.05) is 22.9 Å². The fraction of sp³-hybridized carbons (Fsp3) is 0.182. The van der Waals surface area contributed by atoms with Gasteiger partial charge in [0.1, 0.15) is 11.6 Å². The quantitative estimate of drug-likeness (QED) is 0.752. The summed E-state index contributed by atoms with van der Waals surface area (Å²) >= 11 is 1.57. The Labute approximate surface area is 109 Å². The molecule has 0 bridgehead atoms. The van der Waals surface area contributed by atoms with Gasteiger partial charge < -0.3 is 15.1 Å². The van der Waals surface area contributed by atoms with Crippen LogP contribution in [0.25, 0.3) is 11.3 Å². The lowest BCUT2D eigenvalue weighted by molar-refractivity contribution is 0.364. The van der Waals surface area contributed by atoms with Crippen molar-refractivity contribution in [1.29, 1.82) is 0 Å². The van der Waals surface area contributed by atoms with Crippen molar-refractivity contribution < 1.29 is 14.4 Å². The van der Waals surface area contributed by atoms with E-state index in [1.165, 1.54) is 6.92 Å². The summed E-state index contributed by atoms with van der Waals surface area (Å²) in [6.45, 7) is 1.43. The van der Waals surface area contributed by atoms with Crippen molar-refractivity contribution >= 4 is 24.8 Å². The van der Waals surface area contributed by atoms with Crippen molar-refractivity contribution in [2.24, 2.45) is 0 Å². The van der Waals surface area contributed by atoms with Gasteiger partial charge in [0.2, 0.25) is 0 Å². The molecule has 2 aromatic heterocycles. The number of hydrogen-bond donors (Lipinski definition) is 3. The van der Waals surface area contributed by atoms with Crippen LogP contribution in [0.5, 0.6) is 0 Å². The largest absolute Gasteiger partial charge is 0.356 e. The molecule has 0 aliphatic heterocycles. The summed E-state index contributed by atoms with van der Waals surface area (Å²) in [5, 5.41) is 6.64. The molecule has 0 aliphatic rings. The van der Waals surface area contributed by atoms with Gasteiger partial charge in [-0.05, 0) is 30.5 Å². The molecule has 0 saturated heterocycles. The van der Waals surface area contributed by atoms with Crippen molar-refractivity contribution in [3.8, 4) is 11.3 Å². The fourth-order valence-corrected chi connectivity index (χ4v) is 2.33. The molecule has 5 nitrogen and oxygen atoms in total. The summed E-state index contributed by atoms with van der Waals surface area (Å²) in [5.41, 5.74) is 1.77. The van der Waals surface area contributed by atoms with Gasteiger partial charge in [-0.15, -0.1) is 0 Å². The molecule has 7 heteroatoms. The third kappa shape index (κ3) is 3.17. The first-order valence-electron chi connectivity index (χ1n) is 5.28. The van der Waals surface area contributed by atoms with Crippen molar-refractivity contribution in [2.75, 3.05) is 5.32 Å². The second-order valence-corrected chi connectivity index (χ2v) is 6.56. The predicted octanol–water partition coefficient (Wildman–Crippen LogP) is 2.75. The Kier molecular flexibility index (Phi) is 3.82. The molecule has 3 N–H and O–H groups in total. The minimum absolute atomic E-state index is 0.453. The smallest absolute Gasteiger partial charge is 0.347 e. The van der Waals surface area contributed by atoms with Gasteiger partial charge in [-0.3, -0.25) is 4.57 Å². The van der Waals surface area contributed by atoms with Crippen LogP contribution in [0.15, 0.2) is 35.0 Å². The van der Waals surface area contributed by atoms with Crippen LogP contribution in [-0.2, 0) is 4.57 Å². The van der Waals surface area contributed by atoms with Gasteiger partial charge in [0.05, 0.1) is 5.69 Å². The van der Waals surface area contributed by atoms with Crippen LogP contribution in [0.1, 0.15) is 6.92 Å². The lowest BCUT2D eigenvalue weighted by atomic mass is 10.2. The fourth-order valence-electron chi connectivity index (χ4n) is 1.38. The van der Waals surface area contributed by atoms with Crippen molar-refractivity contribution in [3.05, 3.63) is 35.0 Å². The first kappa shape index (κ1) is 13.2. The van der Waals surface area contributed by atoms with E-state index < -0.39 is 13.4 Å². The molecule has 0 amide bonds. The van der Waals surface area contributed by atoms with Gasteiger partial charge in [0, 0.05) is 10.9 Å². The SMILES string of the molecule is CC(Nc1cccc(-c2ccsc2)n1)P(=O)(O)O. The van der Waals surface area contributed by atoms with E-state index in [1.54, 1.807) is 23.5 Å². The number of nitrogens with zero attached hydrogens (tertiary/aromatic N) is 1. The van der Waals surface area contributed by atoms with Gasteiger partial charge >= 0.3 is 7.60 Å². The number of anilines is 1. The third-order valence-electron chi connectivity index (χ3n) is 2.43. The first-order valence-corrected chi connectivity index (χ1v) is 7.90. The topological polar surface area (TPSA) is 82.5 Å². The molecule has 2 rings (SSSR count). The lowest BCUT2D eigenvalue weighted by Gasteiger charge is -2.16.